The molecule has 0 fully saturated rings. The molecule has 0 heterocycles. The second-order valence-corrected chi connectivity index (χ2v) is 5.74. The summed E-state index contributed by atoms with van der Waals surface area (Å²) >= 11 is 0. The molecule has 0 radical (unpaired) electrons. The highest BCUT2D eigenvalue weighted by Crippen LogP contribution is 2.21. The first-order valence-corrected chi connectivity index (χ1v) is 8.53. The Balaban J connectivity index is 2.45. The number of aliphatic hydroxyl groups is 1. The Morgan fingerprint density at radius 3 is 2.68 bits per heavy atom. The van der Waals surface area contributed by atoms with Gasteiger partial charge in [-0.05, 0) is 55.9 Å². The lowest BCUT2D eigenvalue weighted by Gasteiger charge is -2.11. The molecule has 22 heavy (non-hydrogen) atoms. The number of unbranched alkanes of at least 4 members (excludes halogenated alkanes) is 3. The molecule has 0 amide bonds. The third kappa shape index (κ3) is 6.41. The van der Waals surface area contributed by atoms with Crippen LogP contribution in [0.4, 0.5) is 0 Å². The third-order valence-electron chi connectivity index (χ3n) is 3.27. The van der Waals surface area contributed by atoms with E-state index in [4.69, 9.17) is 9.84 Å². The van der Waals surface area contributed by atoms with Crippen LogP contribution in [0.5, 0.6) is 5.75 Å². The molecule has 1 rings (SSSR count). The third-order valence-corrected chi connectivity index (χ3v) is 3.77. The summed E-state index contributed by atoms with van der Waals surface area (Å²) in [6, 6.07) is 5.17. The Labute approximate surface area is 132 Å². The van der Waals surface area contributed by atoms with Crippen molar-refractivity contribution >= 4 is 21.4 Å². The molecule has 5 nitrogen and oxygen atoms in total. The fourth-order valence-electron chi connectivity index (χ4n) is 2.05. The van der Waals surface area contributed by atoms with E-state index in [1.807, 2.05) is 6.92 Å². The van der Waals surface area contributed by atoms with E-state index >= 15 is 0 Å². The molecule has 0 aromatic heterocycles. The molecule has 0 unspecified atom stereocenters. The second-order valence-electron chi connectivity index (χ2n) is 4.88. The van der Waals surface area contributed by atoms with Crippen molar-refractivity contribution in [2.75, 3.05) is 13.2 Å². The summed E-state index contributed by atoms with van der Waals surface area (Å²) in [6.45, 7) is 2.05. The minimum atomic E-state index is -2.07. The number of carbonyl (C=O) groups is 1. The SMILES string of the molecule is CCc1cc(C(=O)CO)ccc1OCCCCCC=S(=O)=O. The fraction of sp³-hybridized carbons (Fsp3) is 0.500. The molecule has 0 aliphatic carbocycles. The largest absolute Gasteiger partial charge is 0.493 e. The van der Waals surface area contributed by atoms with E-state index in [0.717, 1.165) is 37.0 Å². The average Bonchev–Trinajstić information content (AvgIpc) is 2.52. The zero-order valence-electron chi connectivity index (χ0n) is 12.7. The van der Waals surface area contributed by atoms with E-state index in [9.17, 15) is 13.2 Å². The topological polar surface area (TPSA) is 80.7 Å². The van der Waals surface area contributed by atoms with Crippen LogP contribution in [0.25, 0.3) is 0 Å². The molecule has 0 aliphatic heterocycles. The summed E-state index contributed by atoms with van der Waals surface area (Å²) in [4.78, 5) is 11.5. The Hall–Kier alpha value is -1.66. The van der Waals surface area contributed by atoms with Crippen LogP contribution in [0.3, 0.4) is 0 Å². The van der Waals surface area contributed by atoms with Crippen molar-refractivity contribution in [2.45, 2.75) is 39.0 Å². The van der Waals surface area contributed by atoms with Gasteiger partial charge in [0.15, 0.2) is 5.78 Å². The first-order valence-electron chi connectivity index (χ1n) is 7.39. The molecule has 0 spiro atoms. The van der Waals surface area contributed by atoms with Gasteiger partial charge in [0.05, 0.1) is 6.61 Å². The molecule has 0 bridgehead atoms. The van der Waals surface area contributed by atoms with Crippen LogP contribution in [-0.2, 0) is 16.7 Å². The second kappa shape index (κ2) is 10.1. The first kappa shape index (κ1) is 18.4. The number of hydrogen-bond donors (Lipinski definition) is 1. The van der Waals surface area contributed by atoms with Crippen molar-refractivity contribution in [3.8, 4) is 5.75 Å². The van der Waals surface area contributed by atoms with Crippen molar-refractivity contribution < 1.29 is 23.1 Å². The summed E-state index contributed by atoms with van der Waals surface area (Å²) in [5.41, 5.74) is 1.43. The Bertz CT molecular complexity index is 611. The van der Waals surface area contributed by atoms with E-state index in [2.05, 4.69) is 0 Å². The number of hydrogen-bond acceptors (Lipinski definition) is 5. The van der Waals surface area contributed by atoms with Gasteiger partial charge in [-0.3, -0.25) is 4.79 Å². The lowest BCUT2D eigenvalue weighted by molar-refractivity contribution is 0.0903. The maximum Gasteiger partial charge on any atom is 0.209 e. The lowest BCUT2D eigenvalue weighted by Crippen LogP contribution is -2.06. The number of benzene rings is 1. The standard InChI is InChI=1S/C16H22O5S/c1-2-13-11-14(15(18)12-17)7-8-16(13)21-9-5-3-4-6-10-22(19)20/h7-8,10-11,17H,2-6,9,12H2,1H3. The van der Waals surface area contributed by atoms with Gasteiger partial charge in [-0.1, -0.05) is 6.92 Å². The predicted molar refractivity (Wildman–Crippen MR) is 86.2 cm³/mol. The number of rotatable bonds is 10. The molecular weight excluding hydrogens is 304 g/mol. The normalized spacial score (nSPS) is 10.3. The number of aliphatic hydroxyl groups excluding tert-OH is 1. The lowest BCUT2D eigenvalue weighted by atomic mass is 10.0. The van der Waals surface area contributed by atoms with Crippen molar-refractivity contribution in [1.29, 1.82) is 0 Å². The van der Waals surface area contributed by atoms with Gasteiger partial charge in [-0.25, -0.2) is 0 Å². The smallest absolute Gasteiger partial charge is 0.209 e. The molecule has 122 valence electrons. The molecule has 0 aliphatic rings. The molecule has 0 atom stereocenters. The number of ketones is 1. The minimum Gasteiger partial charge on any atom is -0.493 e. The van der Waals surface area contributed by atoms with Gasteiger partial charge in [0, 0.05) is 10.9 Å². The van der Waals surface area contributed by atoms with E-state index in [-0.39, 0.29) is 5.78 Å². The summed E-state index contributed by atoms with van der Waals surface area (Å²) in [7, 11) is -2.07. The predicted octanol–water partition coefficient (Wildman–Crippen LogP) is 2.04. The van der Waals surface area contributed by atoms with Crippen molar-refractivity contribution in [3.05, 3.63) is 29.3 Å². The maximum absolute atomic E-state index is 11.5. The maximum atomic E-state index is 11.5. The highest BCUT2D eigenvalue weighted by Gasteiger charge is 2.08. The van der Waals surface area contributed by atoms with Crippen molar-refractivity contribution in [2.24, 2.45) is 0 Å². The van der Waals surface area contributed by atoms with Crippen LogP contribution in [-0.4, -0.2) is 37.9 Å². The van der Waals surface area contributed by atoms with Gasteiger partial charge in [0.25, 0.3) is 0 Å². The Kier molecular flexibility index (Phi) is 8.47. The van der Waals surface area contributed by atoms with Gasteiger partial charge in [0.2, 0.25) is 10.3 Å². The van der Waals surface area contributed by atoms with Crippen LogP contribution < -0.4 is 4.74 Å². The monoisotopic (exact) mass is 326 g/mol. The van der Waals surface area contributed by atoms with Crippen LogP contribution >= 0.6 is 0 Å². The number of ether oxygens (including phenoxy) is 1. The van der Waals surface area contributed by atoms with Crippen LogP contribution in [0, 0.1) is 0 Å². The fourth-order valence-corrected chi connectivity index (χ4v) is 2.41. The van der Waals surface area contributed by atoms with Gasteiger partial charge >= 0.3 is 0 Å². The molecule has 0 saturated carbocycles. The molecule has 6 heteroatoms. The minimum absolute atomic E-state index is 0.298. The number of Topliss-reactive ketones (excluding diaryl/α,β-unsaturated/α-hetero) is 1. The molecule has 0 saturated heterocycles. The number of aryl methyl sites for hydroxylation is 1. The van der Waals surface area contributed by atoms with Gasteiger partial charge in [-0.15, -0.1) is 0 Å². The van der Waals surface area contributed by atoms with Gasteiger partial charge < -0.3 is 9.84 Å². The summed E-state index contributed by atoms with van der Waals surface area (Å²) in [6.07, 6.45) is 3.87. The molecule has 1 N–H and O–H groups in total. The Morgan fingerprint density at radius 1 is 1.27 bits per heavy atom. The quantitative estimate of drug-likeness (QED) is 0.404. The van der Waals surface area contributed by atoms with Gasteiger partial charge in [-0.2, -0.15) is 8.42 Å². The van der Waals surface area contributed by atoms with Crippen molar-refractivity contribution in [1.82, 2.24) is 0 Å². The zero-order valence-corrected chi connectivity index (χ0v) is 13.6. The summed E-state index contributed by atoms with van der Waals surface area (Å²) in [5, 5.41) is 10.1. The van der Waals surface area contributed by atoms with Gasteiger partial charge in [0.1, 0.15) is 12.4 Å². The van der Waals surface area contributed by atoms with Crippen LogP contribution in [0.15, 0.2) is 18.2 Å². The molecule has 1 aromatic carbocycles. The van der Waals surface area contributed by atoms with E-state index in [0.29, 0.717) is 18.6 Å². The van der Waals surface area contributed by atoms with Crippen LogP contribution in [0.1, 0.15) is 48.5 Å². The van der Waals surface area contributed by atoms with Crippen LogP contribution in [0.2, 0.25) is 0 Å². The van der Waals surface area contributed by atoms with E-state index in [1.54, 1.807) is 18.2 Å². The Morgan fingerprint density at radius 2 is 2.05 bits per heavy atom. The average molecular weight is 326 g/mol. The van der Waals surface area contributed by atoms with E-state index < -0.39 is 16.9 Å². The molecular formula is C16H22O5S. The summed E-state index contributed by atoms with van der Waals surface area (Å²) in [5.74, 6) is 0.456. The van der Waals surface area contributed by atoms with E-state index in [1.165, 1.54) is 5.37 Å². The zero-order chi connectivity index (χ0) is 16.4. The highest BCUT2D eigenvalue weighted by atomic mass is 32.2. The molecule has 1 aromatic rings. The summed E-state index contributed by atoms with van der Waals surface area (Å²) < 4.78 is 26.4. The van der Waals surface area contributed by atoms with Crippen molar-refractivity contribution in [3.63, 3.8) is 0 Å². The first-order chi connectivity index (χ1) is 10.6. The number of carbonyl (C=O) groups excluding carboxylic acids is 1. The highest BCUT2D eigenvalue weighted by molar-refractivity contribution is 7.71.